The zero-order chi connectivity index (χ0) is 18.2. The van der Waals surface area contributed by atoms with Crippen molar-refractivity contribution in [3.8, 4) is 0 Å². The molecule has 25 heavy (non-hydrogen) atoms. The second kappa shape index (κ2) is 8.65. The summed E-state index contributed by atoms with van der Waals surface area (Å²) in [5.74, 6) is -1.20. The first-order valence-corrected chi connectivity index (χ1v) is 7.74. The molecule has 2 aromatic carbocycles. The fourth-order valence-corrected chi connectivity index (χ4v) is 2.16. The summed E-state index contributed by atoms with van der Waals surface area (Å²) in [7, 11) is 1.55. The van der Waals surface area contributed by atoms with Gasteiger partial charge in [-0.05, 0) is 35.9 Å². The molecule has 0 aliphatic rings. The van der Waals surface area contributed by atoms with Gasteiger partial charge < -0.3 is 5.32 Å². The molecule has 3 amide bonds. The van der Waals surface area contributed by atoms with Gasteiger partial charge in [-0.3, -0.25) is 25.2 Å². The Labute approximate surface area is 149 Å². The highest BCUT2D eigenvalue weighted by molar-refractivity contribution is 6.33. The first-order valence-electron chi connectivity index (χ1n) is 7.36. The molecule has 0 unspecified atom stereocenters. The first-order chi connectivity index (χ1) is 12.0. The maximum atomic E-state index is 11.9. The molecule has 0 heterocycles. The third-order valence-corrected chi connectivity index (χ3v) is 3.57. The quantitative estimate of drug-likeness (QED) is 0.579. The average Bonchev–Trinajstić information content (AvgIpc) is 2.64. The van der Waals surface area contributed by atoms with Gasteiger partial charge in [0.15, 0.2) is 0 Å². The molecule has 0 aromatic heterocycles. The van der Waals surface area contributed by atoms with E-state index in [-0.39, 0.29) is 11.5 Å². The summed E-state index contributed by atoms with van der Waals surface area (Å²) in [5.41, 5.74) is 6.07. The van der Waals surface area contributed by atoms with Crippen LogP contribution in [0.2, 0.25) is 5.02 Å². The van der Waals surface area contributed by atoms with Crippen LogP contribution in [0.1, 0.15) is 26.3 Å². The van der Waals surface area contributed by atoms with Crippen molar-refractivity contribution in [3.05, 3.63) is 76.3 Å². The molecular formula is C18H16ClN3O3. The number of amides is 3. The molecule has 6 nitrogen and oxygen atoms in total. The first kappa shape index (κ1) is 18.2. The predicted molar refractivity (Wildman–Crippen MR) is 95.9 cm³/mol. The van der Waals surface area contributed by atoms with Gasteiger partial charge in [0.1, 0.15) is 0 Å². The molecule has 0 radical (unpaired) electrons. The molecule has 0 bridgehead atoms. The minimum absolute atomic E-state index is 0.185. The van der Waals surface area contributed by atoms with Crippen molar-refractivity contribution in [2.75, 3.05) is 7.05 Å². The molecule has 0 fully saturated rings. The van der Waals surface area contributed by atoms with Gasteiger partial charge in [-0.1, -0.05) is 35.9 Å². The van der Waals surface area contributed by atoms with E-state index in [9.17, 15) is 14.4 Å². The van der Waals surface area contributed by atoms with Gasteiger partial charge in [0.2, 0.25) is 0 Å². The molecule has 2 rings (SSSR count). The van der Waals surface area contributed by atoms with Gasteiger partial charge in [-0.15, -0.1) is 0 Å². The standard InChI is InChI=1S/C18H16ClN3O3/c1-20-17(24)13-9-6-12(7-10-13)8-11-16(23)21-22-18(25)14-4-2-3-5-15(14)19/h2-11H,1H3,(H,20,24)(H,21,23)(H,22,25)/b11-8+. The summed E-state index contributed by atoms with van der Waals surface area (Å²) < 4.78 is 0. The highest BCUT2D eigenvalue weighted by atomic mass is 35.5. The van der Waals surface area contributed by atoms with Crippen molar-refractivity contribution in [2.45, 2.75) is 0 Å². The lowest BCUT2D eigenvalue weighted by atomic mass is 10.1. The van der Waals surface area contributed by atoms with Gasteiger partial charge in [0.05, 0.1) is 10.6 Å². The molecule has 0 aliphatic heterocycles. The second-order valence-electron chi connectivity index (χ2n) is 4.96. The molecule has 2 aromatic rings. The molecule has 7 heteroatoms. The minimum atomic E-state index is -0.512. The molecule has 0 aliphatic carbocycles. The minimum Gasteiger partial charge on any atom is -0.355 e. The largest absolute Gasteiger partial charge is 0.355 e. The Balaban J connectivity index is 1.89. The zero-order valence-corrected chi connectivity index (χ0v) is 14.1. The fraction of sp³-hybridized carbons (Fsp3) is 0.0556. The number of hydrogen-bond donors (Lipinski definition) is 3. The summed E-state index contributed by atoms with van der Waals surface area (Å²) >= 11 is 5.91. The number of hydrazine groups is 1. The Kier molecular flexibility index (Phi) is 6.31. The number of benzene rings is 2. The van der Waals surface area contributed by atoms with E-state index in [0.717, 1.165) is 5.56 Å². The highest BCUT2D eigenvalue weighted by Crippen LogP contribution is 2.14. The number of carbonyl (C=O) groups is 3. The number of rotatable bonds is 4. The lowest BCUT2D eigenvalue weighted by Gasteiger charge is -2.06. The number of nitrogens with one attached hydrogen (secondary N) is 3. The van der Waals surface area contributed by atoms with E-state index < -0.39 is 11.8 Å². The Morgan fingerprint density at radius 3 is 2.24 bits per heavy atom. The van der Waals surface area contributed by atoms with Crippen LogP contribution in [0.3, 0.4) is 0 Å². The zero-order valence-electron chi connectivity index (χ0n) is 13.4. The van der Waals surface area contributed by atoms with E-state index in [1.807, 2.05) is 0 Å². The van der Waals surface area contributed by atoms with Crippen LogP contribution in [-0.4, -0.2) is 24.8 Å². The average molecular weight is 358 g/mol. The van der Waals surface area contributed by atoms with Crippen LogP contribution in [0.5, 0.6) is 0 Å². The van der Waals surface area contributed by atoms with Crippen LogP contribution in [0.25, 0.3) is 6.08 Å². The summed E-state index contributed by atoms with van der Waals surface area (Å²) in [4.78, 5) is 35.1. The van der Waals surface area contributed by atoms with Crippen molar-refractivity contribution in [3.63, 3.8) is 0 Å². The van der Waals surface area contributed by atoms with Crippen molar-refractivity contribution >= 4 is 35.4 Å². The van der Waals surface area contributed by atoms with E-state index in [2.05, 4.69) is 16.2 Å². The maximum Gasteiger partial charge on any atom is 0.271 e. The van der Waals surface area contributed by atoms with Crippen LogP contribution < -0.4 is 16.2 Å². The van der Waals surface area contributed by atoms with Gasteiger partial charge in [-0.2, -0.15) is 0 Å². The number of carbonyl (C=O) groups excluding carboxylic acids is 3. The molecule has 0 saturated heterocycles. The van der Waals surface area contributed by atoms with E-state index in [1.165, 1.54) is 6.08 Å². The van der Waals surface area contributed by atoms with Crippen molar-refractivity contribution < 1.29 is 14.4 Å². The van der Waals surface area contributed by atoms with E-state index in [0.29, 0.717) is 10.6 Å². The smallest absolute Gasteiger partial charge is 0.271 e. The van der Waals surface area contributed by atoms with Crippen molar-refractivity contribution in [1.82, 2.24) is 16.2 Å². The monoisotopic (exact) mass is 357 g/mol. The molecule has 128 valence electrons. The van der Waals surface area contributed by atoms with E-state index in [1.54, 1.807) is 61.7 Å². The Morgan fingerprint density at radius 2 is 1.60 bits per heavy atom. The summed E-state index contributed by atoms with van der Waals surface area (Å²) in [6, 6.07) is 13.2. The highest BCUT2D eigenvalue weighted by Gasteiger charge is 2.09. The molecule has 0 spiro atoms. The Hall–Kier alpha value is -3.12. The van der Waals surface area contributed by atoms with Crippen LogP contribution in [0.15, 0.2) is 54.6 Å². The van der Waals surface area contributed by atoms with Gasteiger partial charge in [-0.25, -0.2) is 0 Å². The van der Waals surface area contributed by atoms with Crippen LogP contribution >= 0.6 is 11.6 Å². The van der Waals surface area contributed by atoms with E-state index >= 15 is 0 Å². The van der Waals surface area contributed by atoms with Gasteiger partial charge in [0, 0.05) is 18.7 Å². The molecular weight excluding hydrogens is 342 g/mol. The molecule has 0 saturated carbocycles. The normalized spacial score (nSPS) is 10.3. The van der Waals surface area contributed by atoms with Crippen LogP contribution in [0.4, 0.5) is 0 Å². The van der Waals surface area contributed by atoms with Gasteiger partial charge in [0.25, 0.3) is 17.7 Å². The SMILES string of the molecule is CNC(=O)c1ccc(/C=C/C(=O)NNC(=O)c2ccccc2Cl)cc1. The third kappa shape index (κ3) is 5.19. The van der Waals surface area contributed by atoms with Crippen molar-refractivity contribution in [1.29, 1.82) is 0 Å². The summed E-state index contributed by atoms with van der Waals surface area (Å²) in [6.45, 7) is 0. The van der Waals surface area contributed by atoms with Crippen LogP contribution in [-0.2, 0) is 4.79 Å². The van der Waals surface area contributed by atoms with Gasteiger partial charge >= 0.3 is 0 Å². The van der Waals surface area contributed by atoms with Crippen molar-refractivity contribution in [2.24, 2.45) is 0 Å². The number of hydrogen-bond acceptors (Lipinski definition) is 3. The Bertz CT molecular complexity index is 817. The summed E-state index contributed by atoms with van der Waals surface area (Å²) in [6.07, 6.45) is 2.83. The van der Waals surface area contributed by atoms with E-state index in [4.69, 9.17) is 11.6 Å². The Morgan fingerprint density at radius 1 is 0.920 bits per heavy atom. The lowest BCUT2D eigenvalue weighted by Crippen LogP contribution is -2.40. The summed E-state index contributed by atoms with van der Waals surface area (Å²) in [5, 5.41) is 2.82. The fourth-order valence-electron chi connectivity index (χ4n) is 1.93. The maximum absolute atomic E-state index is 11.9. The van der Waals surface area contributed by atoms with Crippen LogP contribution in [0, 0.1) is 0 Å². The second-order valence-corrected chi connectivity index (χ2v) is 5.36. The predicted octanol–water partition coefficient (Wildman–Crippen LogP) is 2.17. The number of halogens is 1. The molecule has 0 atom stereocenters. The molecule has 3 N–H and O–H groups in total. The lowest BCUT2D eigenvalue weighted by molar-refractivity contribution is -0.117. The third-order valence-electron chi connectivity index (χ3n) is 3.24. The topological polar surface area (TPSA) is 87.3 Å².